The highest BCUT2D eigenvalue weighted by atomic mass is 16.1. The molecule has 2 rings (SSSR count). The van der Waals surface area contributed by atoms with Crippen LogP contribution >= 0.6 is 0 Å². The Labute approximate surface area is 125 Å². The maximum Gasteiger partial charge on any atom is 0.266 e. The van der Waals surface area contributed by atoms with Gasteiger partial charge in [0.05, 0.1) is 12.6 Å². The number of aromatic nitrogens is 2. The van der Waals surface area contributed by atoms with Crippen molar-refractivity contribution in [3.05, 3.63) is 64.1 Å². The molecule has 0 saturated heterocycles. The molecule has 112 valence electrons. The number of benzene rings is 1. The summed E-state index contributed by atoms with van der Waals surface area (Å²) >= 11 is 0. The maximum atomic E-state index is 11.8. The molecule has 0 radical (unpaired) electrons. The van der Waals surface area contributed by atoms with E-state index in [4.69, 9.17) is 0 Å². The van der Waals surface area contributed by atoms with Gasteiger partial charge in [-0.3, -0.25) is 4.79 Å². The lowest BCUT2D eigenvalue weighted by atomic mass is 9.86. The molecule has 1 unspecified atom stereocenters. The van der Waals surface area contributed by atoms with Crippen molar-refractivity contribution in [3.63, 3.8) is 0 Å². The summed E-state index contributed by atoms with van der Waals surface area (Å²) in [6.45, 7) is 7.12. The van der Waals surface area contributed by atoms with E-state index in [0.717, 1.165) is 5.56 Å². The standard InChI is InChI=1S/C17H23N3O/c1-17(2,3)14-9-7-13(8-10-14)15(18-4)12-20-16(21)6-5-11-19-20/h5-11,15,18H,12H2,1-4H3. The molecule has 1 N–H and O–H groups in total. The predicted molar refractivity (Wildman–Crippen MR) is 85.4 cm³/mol. The van der Waals surface area contributed by atoms with Crippen molar-refractivity contribution in [2.24, 2.45) is 0 Å². The van der Waals surface area contributed by atoms with Crippen LogP contribution in [0.1, 0.15) is 37.9 Å². The van der Waals surface area contributed by atoms with Crippen molar-refractivity contribution in [1.82, 2.24) is 15.1 Å². The summed E-state index contributed by atoms with van der Waals surface area (Å²) in [4.78, 5) is 11.8. The fourth-order valence-electron chi connectivity index (χ4n) is 2.28. The van der Waals surface area contributed by atoms with E-state index in [1.807, 2.05) is 7.05 Å². The monoisotopic (exact) mass is 285 g/mol. The fraction of sp³-hybridized carbons (Fsp3) is 0.412. The summed E-state index contributed by atoms with van der Waals surface area (Å²) in [5.41, 5.74) is 2.52. The zero-order chi connectivity index (χ0) is 15.5. The predicted octanol–water partition coefficient (Wildman–Crippen LogP) is 2.50. The average molecular weight is 285 g/mol. The third kappa shape index (κ3) is 3.79. The molecule has 1 aromatic carbocycles. The first-order valence-corrected chi connectivity index (χ1v) is 7.21. The van der Waals surface area contributed by atoms with E-state index in [9.17, 15) is 4.79 Å². The largest absolute Gasteiger partial charge is 0.311 e. The van der Waals surface area contributed by atoms with Crippen LogP contribution < -0.4 is 10.9 Å². The zero-order valence-electron chi connectivity index (χ0n) is 13.1. The number of rotatable bonds is 4. The quantitative estimate of drug-likeness (QED) is 0.939. The molecular weight excluding hydrogens is 262 g/mol. The first kappa shape index (κ1) is 15.4. The highest BCUT2D eigenvalue weighted by Gasteiger charge is 2.15. The molecule has 0 aliphatic carbocycles. The molecule has 1 heterocycles. The van der Waals surface area contributed by atoms with Gasteiger partial charge in [-0.2, -0.15) is 5.10 Å². The van der Waals surface area contributed by atoms with Crippen LogP contribution in [0.3, 0.4) is 0 Å². The molecule has 4 nitrogen and oxygen atoms in total. The summed E-state index contributed by atoms with van der Waals surface area (Å²) in [6, 6.07) is 11.8. The topological polar surface area (TPSA) is 46.9 Å². The fourth-order valence-corrected chi connectivity index (χ4v) is 2.28. The van der Waals surface area contributed by atoms with Gasteiger partial charge in [-0.25, -0.2) is 4.68 Å². The van der Waals surface area contributed by atoms with Gasteiger partial charge < -0.3 is 5.32 Å². The number of hydrogen-bond acceptors (Lipinski definition) is 3. The second-order valence-corrected chi connectivity index (χ2v) is 6.26. The van der Waals surface area contributed by atoms with Gasteiger partial charge in [-0.1, -0.05) is 45.0 Å². The first-order chi connectivity index (χ1) is 9.91. The minimum Gasteiger partial charge on any atom is -0.311 e. The summed E-state index contributed by atoms with van der Waals surface area (Å²) in [7, 11) is 1.90. The van der Waals surface area contributed by atoms with Crippen LogP contribution in [-0.2, 0) is 12.0 Å². The van der Waals surface area contributed by atoms with Crippen molar-refractivity contribution in [1.29, 1.82) is 0 Å². The van der Waals surface area contributed by atoms with E-state index in [1.165, 1.54) is 16.3 Å². The van der Waals surface area contributed by atoms with Crippen LogP contribution in [0, 0.1) is 0 Å². The van der Waals surface area contributed by atoms with Crippen molar-refractivity contribution < 1.29 is 0 Å². The molecule has 4 heteroatoms. The van der Waals surface area contributed by atoms with E-state index < -0.39 is 0 Å². The Balaban J connectivity index is 2.22. The van der Waals surface area contributed by atoms with E-state index in [1.54, 1.807) is 12.3 Å². The van der Waals surface area contributed by atoms with Crippen LogP contribution in [0.25, 0.3) is 0 Å². The van der Waals surface area contributed by atoms with Gasteiger partial charge in [-0.05, 0) is 29.7 Å². The molecule has 0 spiro atoms. The lowest BCUT2D eigenvalue weighted by molar-refractivity contribution is 0.451. The smallest absolute Gasteiger partial charge is 0.266 e. The molecule has 1 aromatic heterocycles. The van der Waals surface area contributed by atoms with Gasteiger partial charge >= 0.3 is 0 Å². The summed E-state index contributed by atoms with van der Waals surface area (Å²) in [6.07, 6.45) is 1.64. The molecule has 1 atom stereocenters. The van der Waals surface area contributed by atoms with Crippen molar-refractivity contribution in [2.75, 3.05) is 7.05 Å². The third-order valence-corrected chi connectivity index (χ3v) is 3.67. The number of nitrogens with zero attached hydrogens (tertiary/aromatic N) is 2. The van der Waals surface area contributed by atoms with E-state index in [0.29, 0.717) is 6.54 Å². The molecule has 0 fully saturated rings. The van der Waals surface area contributed by atoms with Crippen LogP contribution in [0.5, 0.6) is 0 Å². The minimum absolute atomic E-state index is 0.0617. The Morgan fingerprint density at radius 1 is 1.19 bits per heavy atom. The Kier molecular flexibility index (Phi) is 4.58. The van der Waals surface area contributed by atoms with Gasteiger partial charge in [0.2, 0.25) is 0 Å². The number of hydrogen-bond donors (Lipinski definition) is 1. The molecular formula is C17H23N3O. The normalized spacial score (nSPS) is 13.1. The lowest BCUT2D eigenvalue weighted by Crippen LogP contribution is -2.29. The molecule has 0 aliphatic heterocycles. The van der Waals surface area contributed by atoms with Gasteiger partial charge in [0.25, 0.3) is 5.56 Å². The maximum absolute atomic E-state index is 11.8. The number of nitrogens with one attached hydrogen (secondary N) is 1. The first-order valence-electron chi connectivity index (χ1n) is 7.21. The lowest BCUT2D eigenvalue weighted by Gasteiger charge is -2.21. The zero-order valence-corrected chi connectivity index (χ0v) is 13.1. The molecule has 0 saturated carbocycles. The average Bonchev–Trinajstić information content (AvgIpc) is 2.46. The Morgan fingerprint density at radius 2 is 1.86 bits per heavy atom. The minimum atomic E-state index is -0.0796. The van der Waals surface area contributed by atoms with E-state index in [-0.39, 0.29) is 17.0 Å². The van der Waals surface area contributed by atoms with Crippen LogP contribution in [0.4, 0.5) is 0 Å². The van der Waals surface area contributed by atoms with Gasteiger partial charge in [0, 0.05) is 12.3 Å². The van der Waals surface area contributed by atoms with Crippen LogP contribution in [0.2, 0.25) is 0 Å². The van der Waals surface area contributed by atoms with E-state index >= 15 is 0 Å². The summed E-state index contributed by atoms with van der Waals surface area (Å²) in [5.74, 6) is 0. The summed E-state index contributed by atoms with van der Waals surface area (Å²) < 4.78 is 1.48. The number of likely N-dealkylation sites (N-methyl/N-ethyl adjacent to an activating group) is 1. The second kappa shape index (κ2) is 6.22. The molecule has 2 aromatic rings. The van der Waals surface area contributed by atoms with Crippen molar-refractivity contribution >= 4 is 0 Å². The molecule has 0 bridgehead atoms. The van der Waals surface area contributed by atoms with Gasteiger partial charge in [-0.15, -0.1) is 0 Å². The second-order valence-electron chi connectivity index (χ2n) is 6.26. The summed E-state index contributed by atoms with van der Waals surface area (Å²) in [5, 5.41) is 7.37. The van der Waals surface area contributed by atoms with Gasteiger partial charge in [0.1, 0.15) is 0 Å². The highest BCUT2D eigenvalue weighted by Crippen LogP contribution is 2.24. The molecule has 21 heavy (non-hydrogen) atoms. The van der Waals surface area contributed by atoms with Crippen LogP contribution in [0.15, 0.2) is 47.4 Å². The van der Waals surface area contributed by atoms with Crippen molar-refractivity contribution in [2.45, 2.75) is 38.8 Å². The molecule has 0 amide bonds. The Bertz CT molecular complexity index is 638. The molecule has 0 aliphatic rings. The third-order valence-electron chi connectivity index (χ3n) is 3.67. The highest BCUT2D eigenvalue weighted by molar-refractivity contribution is 5.29. The van der Waals surface area contributed by atoms with E-state index in [2.05, 4.69) is 55.5 Å². The SMILES string of the molecule is CNC(Cn1ncccc1=O)c1ccc(C(C)(C)C)cc1. The van der Waals surface area contributed by atoms with Crippen molar-refractivity contribution in [3.8, 4) is 0 Å². The Morgan fingerprint density at radius 3 is 2.38 bits per heavy atom. The van der Waals surface area contributed by atoms with Crippen LogP contribution in [-0.4, -0.2) is 16.8 Å². The van der Waals surface area contributed by atoms with Gasteiger partial charge in [0.15, 0.2) is 0 Å². The Hall–Kier alpha value is -1.94.